The number of aromatic nitrogens is 1. The predicted octanol–water partition coefficient (Wildman–Crippen LogP) is 2.61. The lowest BCUT2D eigenvalue weighted by molar-refractivity contribution is 0.0688. The highest BCUT2D eigenvalue weighted by Crippen LogP contribution is 2.18. The normalized spacial score (nSPS) is 10.0. The molecule has 0 aliphatic carbocycles. The monoisotopic (exact) mass is 240 g/mol. The molecule has 0 atom stereocenters. The van der Waals surface area contributed by atoms with E-state index in [1.807, 2.05) is 37.3 Å². The number of carbonyl (C=O) groups is 1. The summed E-state index contributed by atoms with van der Waals surface area (Å²) in [7, 11) is 0. The van der Waals surface area contributed by atoms with Crippen LogP contribution in [0, 0.1) is 11.3 Å². The van der Waals surface area contributed by atoms with Crippen molar-refractivity contribution >= 4 is 5.97 Å². The van der Waals surface area contributed by atoms with E-state index in [1.165, 1.54) is 10.6 Å². The molecular weight excluding hydrogens is 228 g/mol. The number of rotatable bonds is 3. The first kappa shape index (κ1) is 11.9. The molecule has 0 unspecified atom stereocenters. The maximum Gasteiger partial charge on any atom is 0.354 e. The quantitative estimate of drug-likeness (QED) is 0.896. The number of hydrogen-bond donors (Lipinski definition) is 1. The van der Waals surface area contributed by atoms with Crippen LogP contribution in [0.15, 0.2) is 36.5 Å². The van der Waals surface area contributed by atoms with Gasteiger partial charge in [-0.25, -0.2) is 4.79 Å². The van der Waals surface area contributed by atoms with Crippen molar-refractivity contribution in [2.24, 2.45) is 0 Å². The molecule has 0 spiro atoms. The molecule has 0 amide bonds. The summed E-state index contributed by atoms with van der Waals surface area (Å²) in [4.78, 5) is 11.2. The van der Waals surface area contributed by atoms with Crippen LogP contribution in [0.5, 0.6) is 0 Å². The number of benzene rings is 1. The summed E-state index contributed by atoms with van der Waals surface area (Å²) < 4.78 is 1.53. The molecule has 18 heavy (non-hydrogen) atoms. The third-order valence-electron chi connectivity index (χ3n) is 2.81. The highest BCUT2D eigenvalue weighted by Gasteiger charge is 2.17. The lowest BCUT2D eigenvalue weighted by Crippen LogP contribution is -2.07. The second kappa shape index (κ2) is 4.76. The second-order valence-electron chi connectivity index (χ2n) is 3.89. The maximum atomic E-state index is 11.2. The Hall–Kier alpha value is -2.54. The minimum Gasteiger partial charge on any atom is -0.477 e. The van der Waals surface area contributed by atoms with Gasteiger partial charge in [-0.15, -0.1) is 0 Å². The van der Waals surface area contributed by atoms with Gasteiger partial charge in [0.25, 0.3) is 0 Å². The fourth-order valence-electron chi connectivity index (χ4n) is 1.88. The molecule has 90 valence electrons. The standard InChI is InChI=1S/C14H12N2O2/c1-2-10-4-3-5-12(8-10)16-7-6-11(9-15)13(16)14(17)18/h3-8H,2H2,1H3,(H,17,18). The van der Waals surface area contributed by atoms with Crippen molar-refractivity contribution in [2.75, 3.05) is 0 Å². The van der Waals surface area contributed by atoms with E-state index in [4.69, 9.17) is 5.26 Å². The Labute approximate surface area is 105 Å². The van der Waals surface area contributed by atoms with Gasteiger partial charge >= 0.3 is 5.97 Å². The van der Waals surface area contributed by atoms with Gasteiger partial charge in [0.2, 0.25) is 0 Å². The molecule has 0 radical (unpaired) electrons. The van der Waals surface area contributed by atoms with E-state index in [9.17, 15) is 9.90 Å². The Balaban J connectivity index is 2.61. The van der Waals surface area contributed by atoms with E-state index >= 15 is 0 Å². The molecule has 2 aromatic rings. The van der Waals surface area contributed by atoms with Crippen LogP contribution in [-0.4, -0.2) is 15.6 Å². The summed E-state index contributed by atoms with van der Waals surface area (Å²) in [6.45, 7) is 2.04. The molecule has 0 fully saturated rings. The summed E-state index contributed by atoms with van der Waals surface area (Å²) in [5.74, 6) is -1.10. The van der Waals surface area contributed by atoms with Crippen LogP contribution in [0.2, 0.25) is 0 Å². The third-order valence-corrected chi connectivity index (χ3v) is 2.81. The Morgan fingerprint density at radius 3 is 2.83 bits per heavy atom. The molecule has 0 bridgehead atoms. The Morgan fingerprint density at radius 2 is 2.22 bits per heavy atom. The fourth-order valence-corrected chi connectivity index (χ4v) is 1.88. The lowest BCUT2D eigenvalue weighted by Gasteiger charge is -2.08. The molecule has 4 nitrogen and oxygen atoms in total. The molecule has 1 N–H and O–H groups in total. The highest BCUT2D eigenvalue weighted by atomic mass is 16.4. The first-order chi connectivity index (χ1) is 8.67. The third kappa shape index (κ3) is 1.98. The van der Waals surface area contributed by atoms with Gasteiger partial charge in [-0.3, -0.25) is 0 Å². The van der Waals surface area contributed by atoms with E-state index in [0.29, 0.717) is 0 Å². The average molecular weight is 240 g/mol. The first-order valence-electron chi connectivity index (χ1n) is 5.61. The van der Waals surface area contributed by atoms with E-state index < -0.39 is 5.97 Å². The van der Waals surface area contributed by atoms with E-state index in [0.717, 1.165) is 17.7 Å². The van der Waals surface area contributed by atoms with Crippen molar-refractivity contribution in [2.45, 2.75) is 13.3 Å². The molecule has 2 rings (SSSR count). The first-order valence-corrected chi connectivity index (χ1v) is 5.61. The van der Waals surface area contributed by atoms with Crippen molar-refractivity contribution in [1.82, 2.24) is 4.57 Å². The Kier molecular flexibility index (Phi) is 3.16. The maximum absolute atomic E-state index is 11.2. The van der Waals surface area contributed by atoms with Crippen molar-refractivity contribution in [3.8, 4) is 11.8 Å². The van der Waals surface area contributed by atoms with Gasteiger partial charge in [0, 0.05) is 11.9 Å². The number of nitrogens with zero attached hydrogens (tertiary/aromatic N) is 2. The molecule has 4 heteroatoms. The van der Waals surface area contributed by atoms with Crippen LogP contribution >= 0.6 is 0 Å². The van der Waals surface area contributed by atoms with Gasteiger partial charge in [-0.05, 0) is 30.2 Å². The summed E-state index contributed by atoms with van der Waals surface area (Å²) in [6, 6.07) is 11.0. The zero-order valence-corrected chi connectivity index (χ0v) is 9.92. The van der Waals surface area contributed by atoms with Crippen LogP contribution in [0.25, 0.3) is 5.69 Å². The van der Waals surface area contributed by atoms with Crippen molar-refractivity contribution < 1.29 is 9.90 Å². The second-order valence-corrected chi connectivity index (χ2v) is 3.89. The minimum absolute atomic E-state index is 0.00533. The summed E-state index contributed by atoms with van der Waals surface area (Å²) in [5, 5.41) is 18.1. The SMILES string of the molecule is CCc1cccc(-n2ccc(C#N)c2C(=O)O)c1. The van der Waals surface area contributed by atoms with Gasteiger partial charge in [0.05, 0.1) is 5.56 Å². The van der Waals surface area contributed by atoms with Crippen molar-refractivity contribution in [3.05, 3.63) is 53.3 Å². The molecule has 0 aliphatic heterocycles. The van der Waals surface area contributed by atoms with Gasteiger partial charge < -0.3 is 9.67 Å². The van der Waals surface area contributed by atoms with Gasteiger partial charge in [0.15, 0.2) is 0 Å². The number of carboxylic acids is 1. The minimum atomic E-state index is -1.10. The Morgan fingerprint density at radius 1 is 1.44 bits per heavy atom. The smallest absolute Gasteiger partial charge is 0.354 e. The topological polar surface area (TPSA) is 66.0 Å². The summed E-state index contributed by atoms with van der Waals surface area (Å²) in [6.07, 6.45) is 2.49. The zero-order valence-electron chi connectivity index (χ0n) is 9.92. The number of aromatic carboxylic acids is 1. The zero-order chi connectivity index (χ0) is 13.1. The number of carboxylic acid groups (broad SMARTS) is 1. The predicted molar refractivity (Wildman–Crippen MR) is 66.8 cm³/mol. The summed E-state index contributed by atoms with van der Waals surface area (Å²) >= 11 is 0. The summed E-state index contributed by atoms with van der Waals surface area (Å²) in [5.41, 5.74) is 2.06. The molecule has 1 heterocycles. The van der Waals surface area contributed by atoms with Gasteiger partial charge in [0.1, 0.15) is 11.8 Å². The molecule has 0 saturated carbocycles. The number of aryl methyl sites for hydroxylation is 1. The van der Waals surface area contributed by atoms with Gasteiger partial charge in [-0.2, -0.15) is 5.26 Å². The van der Waals surface area contributed by atoms with Crippen LogP contribution in [0.3, 0.4) is 0 Å². The molecule has 0 aliphatic rings. The van der Waals surface area contributed by atoms with Crippen molar-refractivity contribution in [1.29, 1.82) is 5.26 Å². The van der Waals surface area contributed by atoms with E-state index in [2.05, 4.69) is 0 Å². The van der Waals surface area contributed by atoms with Crippen LogP contribution in [0.4, 0.5) is 0 Å². The lowest BCUT2D eigenvalue weighted by atomic mass is 10.1. The molecular formula is C14H12N2O2. The number of nitriles is 1. The Bertz CT molecular complexity index is 635. The van der Waals surface area contributed by atoms with E-state index in [1.54, 1.807) is 6.20 Å². The fraction of sp³-hybridized carbons (Fsp3) is 0.143. The van der Waals surface area contributed by atoms with Crippen molar-refractivity contribution in [3.63, 3.8) is 0 Å². The molecule has 1 aromatic heterocycles. The van der Waals surface area contributed by atoms with E-state index in [-0.39, 0.29) is 11.3 Å². The average Bonchev–Trinajstić information content (AvgIpc) is 2.82. The number of hydrogen-bond acceptors (Lipinski definition) is 2. The van der Waals surface area contributed by atoms with Crippen LogP contribution < -0.4 is 0 Å². The largest absolute Gasteiger partial charge is 0.477 e. The molecule has 0 saturated heterocycles. The molecule has 1 aromatic carbocycles. The van der Waals surface area contributed by atoms with Crippen LogP contribution in [0.1, 0.15) is 28.5 Å². The van der Waals surface area contributed by atoms with Crippen LogP contribution in [-0.2, 0) is 6.42 Å². The van der Waals surface area contributed by atoms with Gasteiger partial charge in [-0.1, -0.05) is 19.1 Å². The highest BCUT2D eigenvalue weighted by molar-refractivity contribution is 5.89.